The van der Waals surface area contributed by atoms with Crippen LogP contribution in [0.5, 0.6) is 0 Å². The molecule has 2 aromatic carbocycles. The Morgan fingerprint density at radius 2 is 1.70 bits per heavy atom. The van der Waals surface area contributed by atoms with Crippen molar-refractivity contribution in [2.45, 2.75) is 19.5 Å². The highest BCUT2D eigenvalue weighted by atomic mass is 14.9. The highest BCUT2D eigenvalue weighted by Crippen LogP contribution is 2.17. The van der Waals surface area contributed by atoms with Gasteiger partial charge in [0.25, 0.3) is 0 Å². The van der Waals surface area contributed by atoms with Gasteiger partial charge in [0.05, 0.1) is 0 Å². The maximum absolute atomic E-state index is 4.05. The van der Waals surface area contributed by atoms with Gasteiger partial charge < -0.3 is 5.32 Å². The topological polar surface area (TPSA) is 24.9 Å². The van der Waals surface area contributed by atoms with Crippen molar-refractivity contribution in [3.8, 4) is 0 Å². The van der Waals surface area contributed by atoms with Crippen LogP contribution in [-0.4, -0.2) is 4.98 Å². The number of nitrogens with zero attached hydrogens (tertiary/aromatic N) is 1. The zero-order valence-corrected chi connectivity index (χ0v) is 11.6. The molecule has 0 saturated carbocycles. The van der Waals surface area contributed by atoms with Gasteiger partial charge in [0.1, 0.15) is 0 Å². The molecule has 2 nitrogen and oxygen atoms in total. The summed E-state index contributed by atoms with van der Waals surface area (Å²) in [5.74, 6) is 0. The predicted octanol–water partition coefficient (Wildman–Crippen LogP) is 4.09. The Hall–Kier alpha value is -2.19. The molecule has 0 spiro atoms. The summed E-state index contributed by atoms with van der Waals surface area (Å²) in [5, 5.41) is 6.14. The van der Waals surface area contributed by atoms with E-state index in [1.807, 2.05) is 12.4 Å². The van der Waals surface area contributed by atoms with Gasteiger partial charge in [-0.3, -0.25) is 4.98 Å². The quantitative estimate of drug-likeness (QED) is 0.766. The summed E-state index contributed by atoms with van der Waals surface area (Å²) in [6, 6.07) is 19.5. The normalized spacial score (nSPS) is 12.4. The number of aromatic nitrogens is 1. The van der Waals surface area contributed by atoms with Crippen molar-refractivity contribution in [3.05, 3.63) is 78.1 Å². The smallest absolute Gasteiger partial charge is 0.0296 e. The lowest BCUT2D eigenvalue weighted by molar-refractivity contribution is 0.574. The van der Waals surface area contributed by atoms with Gasteiger partial charge in [-0.1, -0.05) is 36.4 Å². The van der Waals surface area contributed by atoms with Crippen molar-refractivity contribution in [2.75, 3.05) is 0 Å². The Morgan fingerprint density at radius 3 is 2.50 bits per heavy atom. The molecule has 0 bridgehead atoms. The molecule has 2 heteroatoms. The highest BCUT2D eigenvalue weighted by molar-refractivity contribution is 5.82. The summed E-state index contributed by atoms with van der Waals surface area (Å²) in [7, 11) is 0. The van der Waals surface area contributed by atoms with E-state index in [4.69, 9.17) is 0 Å². The van der Waals surface area contributed by atoms with E-state index in [1.165, 1.54) is 21.9 Å². The van der Waals surface area contributed by atoms with Crippen LogP contribution in [0.3, 0.4) is 0 Å². The van der Waals surface area contributed by atoms with Gasteiger partial charge in [0.15, 0.2) is 0 Å². The Balaban J connectivity index is 1.70. The molecule has 100 valence electrons. The summed E-state index contributed by atoms with van der Waals surface area (Å²) < 4.78 is 0. The largest absolute Gasteiger partial charge is 0.306 e. The molecule has 0 radical (unpaired) electrons. The van der Waals surface area contributed by atoms with Gasteiger partial charge in [-0.2, -0.15) is 0 Å². The van der Waals surface area contributed by atoms with Gasteiger partial charge in [-0.25, -0.2) is 0 Å². The van der Waals surface area contributed by atoms with Crippen molar-refractivity contribution < 1.29 is 0 Å². The number of benzene rings is 2. The first-order valence-electron chi connectivity index (χ1n) is 6.94. The van der Waals surface area contributed by atoms with Gasteiger partial charge in [-0.05, 0) is 47.0 Å². The first-order valence-corrected chi connectivity index (χ1v) is 6.94. The molecule has 1 unspecified atom stereocenters. The first kappa shape index (κ1) is 12.8. The number of hydrogen-bond donors (Lipinski definition) is 1. The summed E-state index contributed by atoms with van der Waals surface area (Å²) in [6.07, 6.45) is 3.67. The molecule has 0 fully saturated rings. The molecule has 3 rings (SSSR count). The summed E-state index contributed by atoms with van der Waals surface area (Å²) in [6.45, 7) is 3.05. The Bertz CT molecular complexity index is 692. The molecule has 20 heavy (non-hydrogen) atoms. The fourth-order valence-electron chi connectivity index (χ4n) is 2.39. The molecule has 1 N–H and O–H groups in total. The fraction of sp³-hybridized carbons (Fsp3) is 0.167. The number of fused-ring (bicyclic) bond motifs is 1. The monoisotopic (exact) mass is 262 g/mol. The summed E-state index contributed by atoms with van der Waals surface area (Å²) >= 11 is 0. The van der Waals surface area contributed by atoms with E-state index in [-0.39, 0.29) is 0 Å². The van der Waals surface area contributed by atoms with Gasteiger partial charge >= 0.3 is 0 Å². The van der Waals surface area contributed by atoms with Crippen LogP contribution in [0, 0.1) is 0 Å². The Morgan fingerprint density at radius 1 is 0.950 bits per heavy atom. The van der Waals surface area contributed by atoms with Crippen LogP contribution in [0.25, 0.3) is 10.8 Å². The van der Waals surface area contributed by atoms with E-state index in [2.05, 4.69) is 71.8 Å². The maximum Gasteiger partial charge on any atom is 0.0296 e. The minimum absolute atomic E-state index is 0.324. The zero-order chi connectivity index (χ0) is 13.8. The van der Waals surface area contributed by atoms with Crippen LogP contribution in [0.2, 0.25) is 0 Å². The third-order valence-corrected chi connectivity index (χ3v) is 3.63. The lowest BCUT2D eigenvalue weighted by atomic mass is 10.1. The third-order valence-electron chi connectivity index (χ3n) is 3.63. The van der Waals surface area contributed by atoms with E-state index in [0.717, 1.165) is 6.54 Å². The highest BCUT2D eigenvalue weighted by Gasteiger charge is 2.04. The van der Waals surface area contributed by atoms with E-state index < -0.39 is 0 Å². The Kier molecular flexibility index (Phi) is 3.75. The molecule has 1 atom stereocenters. The standard InChI is InChI=1S/C18H18N2/c1-14(16-8-10-19-11-9-16)20-13-15-6-7-17-4-2-3-5-18(17)12-15/h2-12,14,20H,13H2,1H3. The number of pyridine rings is 1. The van der Waals surface area contributed by atoms with Crippen molar-refractivity contribution in [1.29, 1.82) is 0 Å². The van der Waals surface area contributed by atoms with E-state index in [1.54, 1.807) is 0 Å². The molecule has 0 aliphatic rings. The van der Waals surface area contributed by atoms with Crippen molar-refractivity contribution in [1.82, 2.24) is 10.3 Å². The first-order chi connectivity index (χ1) is 9.83. The van der Waals surface area contributed by atoms with Crippen LogP contribution in [0.15, 0.2) is 67.0 Å². The second kappa shape index (κ2) is 5.85. The Labute approximate surface area is 119 Å². The summed E-state index contributed by atoms with van der Waals surface area (Å²) in [5.41, 5.74) is 2.57. The molecule has 3 aromatic rings. The minimum Gasteiger partial charge on any atom is -0.306 e. The predicted molar refractivity (Wildman–Crippen MR) is 83.4 cm³/mol. The lowest BCUT2D eigenvalue weighted by Gasteiger charge is -2.14. The fourth-order valence-corrected chi connectivity index (χ4v) is 2.39. The molecular formula is C18H18N2. The number of hydrogen-bond acceptors (Lipinski definition) is 2. The lowest BCUT2D eigenvalue weighted by Crippen LogP contribution is -2.18. The molecular weight excluding hydrogens is 244 g/mol. The van der Waals surface area contributed by atoms with Gasteiger partial charge in [0.2, 0.25) is 0 Å². The number of rotatable bonds is 4. The van der Waals surface area contributed by atoms with Crippen LogP contribution in [-0.2, 0) is 6.54 Å². The van der Waals surface area contributed by atoms with Gasteiger partial charge in [0, 0.05) is 25.0 Å². The van der Waals surface area contributed by atoms with E-state index >= 15 is 0 Å². The third kappa shape index (κ3) is 2.86. The summed E-state index contributed by atoms with van der Waals surface area (Å²) in [4.78, 5) is 4.05. The van der Waals surface area contributed by atoms with E-state index in [0.29, 0.717) is 6.04 Å². The molecule has 0 saturated heterocycles. The minimum atomic E-state index is 0.324. The zero-order valence-electron chi connectivity index (χ0n) is 11.6. The van der Waals surface area contributed by atoms with Crippen LogP contribution >= 0.6 is 0 Å². The molecule has 1 aromatic heterocycles. The van der Waals surface area contributed by atoms with Gasteiger partial charge in [-0.15, -0.1) is 0 Å². The molecule has 1 heterocycles. The maximum atomic E-state index is 4.05. The number of nitrogens with one attached hydrogen (secondary N) is 1. The van der Waals surface area contributed by atoms with Crippen LogP contribution < -0.4 is 5.32 Å². The average Bonchev–Trinajstić information content (AvgIpc) is 2.53. The van der Waals surface area contributed by atoms with Crippen molar-refractivity contribution in [2.24, 2.45) is 0 Å². The van der Waals surface area contributed by atoms with Crippen molar-refractivity contribution in [3.63, 3.8) is 0 Å². The van der Waals surface area contributed by atoms with Crippen LogP contribution in [0.4, 0.5) is 0 Å². The molecule has 0 aliphatic heterocycles. The van der Waals surface area contributed by atoms with Crippen LogP contribution in [0.1, 0.15) is 24.1 Å². The SMILES string of the molecule is CC(NCc1ccc2ccccc2c1)c1ccncc1. The van der Waals surface area contributed by atoms with E-state index in [9.17, 15) is 0 Å². The molecule has 0 aliphatic carbocycles. The molecule has 0 amide bonds. The second-order valence-corrected chi connectivity index (χ2v) is 5.06. The average molecular weight is 262 g/mol. The van der Waals surface area contributed by atoms with Crippen molar-refractivity contribution >= 4 is 10.8 Å². The second-order valence-electron chi connectivity index (χ2n) is 5.06.